The molecule has 0 aliphatic heterocycles. The highest BCUT2D eigenvalue weighted by Crippen LogP contribution is 2.39. The van der Waals surface area contributed by atoms with Crippen molar-refractivity contribution >= 4 is 50.6 Å². The quantitative estimate of drug-likeness (QED) is 0.464. The Labute approximate surface area is 183 Å². The van der Waals surface area contributed by atoms with E-state index in [1.165, 1.54) is 34.2 Å². The van der Waals surface area contributed by atoms with Gasteiger partial charge >= 0.3 is 0 Å². The van der Waals surface area contributed by atoms with Crippen LogP contribution in [0.1, 0.15) is 34.9 Å². The predicted molar refractivity (Wildman–Crippen MR) is 123 cm³/mol. The Balaban J connectivity index is 1.37. The van der Waals surface area contributed by atoms with Crippen molar-refractivity contribution < 1.29 is 4.79 Å². The molecule has 5 rings (SSSR count). The summed E-state index contributed by atoms with van der Waals surface area (Å²) in [7, 11) is 0. The van der Waals surface area contributed by atoms with Crippen LogP contribution < -0.4 is 5.32 Å². The van der Waals surface area contributed by atoms with Crippen LogP contribution in [0, 0.1) is 19.8 Å². The van der Waals surface area contributed by atoms with Gasteiger partial charge in [0.2, 0.25) is 5.91 Å². The SMILES string of the molecule is Cc1ccc(NC(=O)CSc2nnc3c4c5c(sc4ncn23)C[C@H](C)CC5)cc1C. The van der Waals surface area contributed by atoms with Gasteiger partial charge < -0.3 is 5.32 Å². The zero-order chi connectivity index (χ0) is 20.8. The highest BCUT2D eigenvalue weighted by Gasteiger charge is 2.24. The molecule has 1 N–H and O–H groups in total. The molecule has 0 saturated carbocycles. The molecule has 0 radical (unpaired) electrons. The van der Waals surface area contributed by atoms with Crippen LogP contribution in [0.15, 0.2) is 29.7 Å². The third-order valence-electron chi connectivity index (χ3n) is 5.79. The molecule has 30 heavy (non-hydrogen) atoms. The zero-order valence-electron chi connectivity index (χ0n) is 17.2. The summed E-state index contributed by atoms with van der Waals surface area (Å²) in [6.45, 7) is 6.41. The Hall–Kier alpha value is -2.45. The fourth-order valence-electron chi connectivity index (χ4n) is 3.96. The van der Waals surface area contributed by atoms with Gasteiger partial charge in [-0.3, -0.25) is 9.20 Å². The Morgan fingerprint density at radius 1 is 1.30 bits per heavy atom. The number of fused-ring (bicyclic) bond motifs is 5. The Kier molecular flexibility index (Phi) is 4.99. The molecule has 3 aromatic heterocycles. The summed E-state index contributed by atoms with van der Waals surface area (Å²) in [5.74, 6) is 0.933. The van der Waals surface area contributed by atoms with E-state index in [1.54, 1.807) is 17.7 Å². The lowest BCUT2D eigenvalue weighted by Gasteiger charge is -2.17. The predicted octanol–water partition coefficient (Wildman–Crippen LogP) is 4.81. The Morgan fingerprint density at radius 2 is 2.17 bits per heavy atom. The molecular formula is C22H23N5OS2. The van der Waals surface area contributed by atoms with Crippen LogP contribution in [0.2, 0.25) is 0 Å². The highest BCUT2D eigenvalue weighted by atomic mass is 32.2. The van der Waals surface area contributed by atoms with Gasteiger partial charge in [-0.05, 0) is 67.9 Å². The second-order valence-electron chi connectivity index (χ2n) is 8.09. The standard InChI is InChI=1S/C22H23N5OS2/c1-12-4-7-16-17(8-12)30-21-19(16)20-25-26-22(27(20)11-23-21)29-10-18(28)24-15-6-5-13(2)14(3)9-15/h5-6,9,11-12H,4,7-8,10H2,1-3H3,(H,24,28)/t12-/m1/s1. The number of anilines is 1. The van der Waals surface area contributed by atoms with E-state index >= 15 is 0 Å². The average molecular weight is 438 g/mol. The number of nitrogens with zero attached hydrogens (tertiary/aromatic N) is 4. The van der Waals surface area contributed by atoms with Gasteiger partial charge in [-0.1, -0.05) is 24.8 Å². The number of benzene rings is 1. The maximum Gasteiger partial charge on any atom is 0.234 e. The molecule has 1 aliphatic carbocycles. The fourth-order valence-corrected chi connectivity index (χ4v) is 6.01. The summed E-state index contributed by atoms with van der Waals surface area (Å²) >= 11 is 3.17. The monoisotopic (exact) mass is 437 g/mol. The van der Waals surface area contributed by atoms with Gasteiger partial charge in [0.05, 0.1) is 11.1 Å². The van der Waals surface area contributed by atoms with Crippen LogP contribution in [0.3, 0.4) is 0 Å². The minimum Gasteiger partial charge on any atom is -0.325 e. The third-order valence-corrected chi connectivity index (χ3v) is 7.90. The molecule has 0 bridgehead atoms. The minimum atomic E-state index is -0.0593. The summed E-state index contributed by atoms with van der Waals surface area (Å²) in [5.41, 5.74) is 5.43. The maximum atomic E-state index is 12.4. The molecule has 6 nitrogen and oxygen atoms in total. The topological polar surface area (TPSA) is 72.2 Å². The molecule has 8 heteroatoms. The van der Waals surface area contributed by atoms with Crippen molar-refractivity contribution in [3.63, 3.8) is 0 Å². The Bertz CT molecular complexity index is 1280. The number of aromatic nitrogens is 4. The zero-order valence-corrected chi connectivity index (χ0v) is 18.9. The van der Waals surface area contributed by atoms with Gasteiger partial charge in [-0.15, -0.1) is 21.5 Å². The number of hydrogen-bond acceptors (Lipinski definition) is 6. The molecule has 0 fully saturated rings. The lowest BCUT2D eigenvalue weighted by molar-refractivity contribution is -0.113. The van der Waals surface area contributed by atoms with E-state index in [-0.39, 0.29) is 11.7 Å². The van der Waals surface area contributed by atoms with E-state index in [9.17, 15) is 4.79 Å². The van der Waals surface area contributed by atoms with Gasteiger partial charge in [0.1, 0.15) is 11.2 Å². The van der Waals surface area contributed by atoms with E-state index < -0.39 is 0 Å². The van der Waals surface area contributed by atoms with Gasteiger partial charge in [-0.2, -0.15) is 0 Å². The molecule has 0 spiro atoms. The largest absolute Gasteiger partial charge is 0.325 e. The number of nitrogens with one attached hydrogen (secondary N) is 1. The summed E-state index contributed by atoms with van der Waals surface area (Å²) in [4.78, 5) is 19.6. The van der Waals surface area contributed by atoms with Gasteiger partial charge in [0.25, 0.3) is 0 Å². The average Bonchev–Trinajstić information content (AvgIpc) is 3.29. The third kappa shape index (κ3) is 3.48. The van der Waals surface area contributed by atoms with Gasteiger partial charge in [-0.25, -0.2) is 4.98 Å². The van der Waals surface area contributed by atoms with E-state index in [2.05, 4.69) is 34.3 Å². The number of aryl methyl sites for hydroxylation is 3. The first kappa shape index (κ1) is 19.5. The van der Waals surface area contributed by atoms with Crippen molar-refractivity contribution in [2.75, 3.05) is 11.1 Å². The molecule has 4 aromatic rings. The lowest BCUT2D eigenvalue weighted by Crippen LogP contribution is -2.14. The van der Waals surface area contributed by atoms with Crippen molar-refractivity contribution in [1.82, 2.24) is 19.6 Å². The maximum absolute atomic E-state index is 12.4. The normalized spacial score (nSPS) is 16.2. The number of hydrogen-bond donors (Lipinski definition) is 1. The van der Waals surface area contributed by atoms with Crippen molar-refractivity contribution in [3.8, 4) is 0 Å². The highest BCUT2D eigenvalue weighted by molar-refractivity contribution is 7.99. The molecule has 1 amide bonds. The van der Waals surface area contributed by atoms with Crippen molar-refractivity contribution in [2.45, 2.75) is 45.2 Å². The molecular weight excluding hydrogens is 414 g/mol. The molecule has 0 unspecified atom stereocenters. The summed E-state index contributed by atoms with van der Waals surface area (Å²) in [6, 6.07) is 5.94. The minimum absolute atomic E-state index is 0.0593. The fraction of sp³-hybridized carbons (Fsp3) is 0.364. The second kappa shape index (κ2) is 7.67. The van der Waals surface area contributed by atoms with E-state index in [0.29, 0.717) is 5.16 Å². The van der Waals surface area contributed by atoms with Crippen molar-refractivity contribution in [1.29, 1.82) is 0 Å². The molecule has 1 atom stereocenters. The molecule has 1 aliphatic rings. The molecule has 1 aromatic carbocycles. The summed E-state index contributed by atoms with van der Waals surface area (Å²) < 4.78 is 1.92. The van der Waals surface area contributed by atoms with Crippen LogP contribution in [0.25, 0.3) is 15.9 Å². The number of thiophene rings is 1. The first-order valence-corrected chi connectivity index (χ1v) is 11.9. The number of rotatable bonds is 4. The van der Waals surface area contributed by atoms with Gasteiger partial charge in [0, 0.05) is 10.6 Å². The molecule has 0 saturated heterocycles. The number of amides is 1. The molecule has 3 heterocycles. The van der Waals surface area contributed by atoms with Gasteiger partial charge in [0.15, 0.2) is 10.8 Å². The number of carbonyl (C=O) groups is 1. The first-order chi connectivity index (χ1) is 14.5. The van der Waals surface area contributed by atoms with Crippen molar-refractivity contribution in [2.24, 2.45) is 5.92 Å². The summed E-state index contributed by atoms with van der Waals surface area (Å²) in [6.07, 6.45) is 5.18. The van der Waals surface area contributed by atoms with Crippen LogP contribution in [0.5, 0.6) is 0 Å². The van der Waals surface area contributed by atoms with E-state index in [0.717, 1.165) is 45.9 Å². The number of carbonyl (C=O) groups excluding carboxylic acids is 1. The van der Waals surface area contributed by atoms with Crippen LogP contribution >= 0.6 is 23.1 Å². The second-order valence-corrected chi connectivity index (χ2v) is 10.1. The lowest BCUT2D eigenvalue weighted by atomic mass is 9.89. The van der Waals surface area contributed by atoms with Crippen molar-refractivity contribution in [3.05, 3.63) is 46.1 Å². The summed E-state index contributed by atoms with van der Waals surface area (Å²) in [5, 5.41) is 13.6. The van der Waals surface area contributed by atoms with Crippen LogP contribution in [-0.4, -0.2) is 31.2 Å². The smallest absolute Gasteiger partial charge is 0.234 e. The van der Waals surface area contributed by atoms with E-state index in [4.69, 9.17) is 0 Å². The Morgan fingerprint density at radius 3 is 3.00 bits per heavy atom. The van der Waals surface area contributed by atoms with E-state index in [1.807, 2.05) is 29.5 Å². The molecule has 154 valence electrons. The number of thioether (sulfide) groups is 1. The van der Waals surface area contributed by atoms with Crippen LogP contribution in [0.4, 0.5) is 5.69 Å². The first-order valence-electron chi connectivity index (χ1n) is 10.1. The van der Waals surface area contributed by atoms with Crippen LogP contribution in [-0.2, 0) is 17.6 Å².